The molecule has 1 aliphatic heterocycles. The Hall–Kier alpha value is -2.52. The third kappa shape index (κ3) is 7.26. The second kappa shape index (κ2) is 13.1. The van der Waals surface area contributed by atoms with Crippen molar-refractivity contribution in [3.63, 3.8) is 0 Å². The predicted octanol–water partition coefficient (Wildman–Crippen LogP) is 5.17. The van der Waals surface area contributed by atoms with E-state index in [1.807, 2.05) is 48.5 Å². The molecule has 0 spiro atoms. The Morgan fingerprint density at radius 3 is 2.47 bits per heavy atom. The molecule has 2 heterocycles. The number of thioether (sulfide) groups is 1. The van der Waals surface area contributed by atoms with Gasteiger partial charge in [-0.15, -0.1) is 0 Å². The molecule has 0 atom stereocenters. The number of benzene rings is 2. The molecule has 1 fully saturated rings. The number of anilines is 2. The fourth-order valence-electron chi connectivity index (χ4n) is 3.92. The van der Waals surface area contributed by atoms with Gasteiger partial charge in [-0.05, 0) is 36.2 Å². The van der Waals surface area contributed by atoms with Crippen LogP contribution in [0.3, 0.4) is 0 Å². The van der Waals surface area contributed by atoms with Gasteiger partial charge in [0.05, 0.1) is 10.7 Å². The molecule has 0 saturated carbocycles. The number of carbonyl (C=O) groups excluding carboxylic acids is 1. The van der Waals surface area contributed by atoms with E-state index in [-0.39, 0.29) is 5.91 Å². The van der Waals surface area contributed by atoms with Gasteiger partial charge in [0, 0.05) is 63.8 Å². The second-order valence-electron chi connectivity index (χ2n) is 8.34. The summed E-state index contributed by atoms with van der Waals surface area (Å²) in [5, 5.41) is 4.72. The molecule has 0 bridgehead atoms. The van der Waals surface area contributed by atoms with E-state index in [9.17, 15) is 4.79 Å². The number of nitrogens with one attached hydrogen (secondary N) is 1. The first-order chi connectivity index (χ1) is 17.5. The Morgan fingerprint density at radius 2 is 1.75 bits per heavy atom. The highest BCUT2D eigenvalue weighted by Crippen LogP contribution is 2.28. The van der Waals surface area contributed by atoms with Gasteiger partial charge in [0.2, 0.25) is 0 Å². The van der Waals surface area contributed by atoms with Crippen molar-refractivity contribution in [1.82, 2.24) is 15.3 Å². The van der Waals surface area contributed by atoms with E-state index in [1.165, 1.54) is 11.8 Å². The molecular weight excluding hydrogens is 517 g/mol. The third-order valence-electron chi connectivity index (χ3n) is 5.85. The summed E-state index contributed by atoms with van der Waals surface area (Å²) in [4.78, 5) is 25.9. The van der Waals surface area contributed by atoms with Crippen LogP contribution >= 0.6 is 35.0 Å². The lowest BCUT2D eigenvalue weighted by Crippen LogP contribution is -2.47. The van der Waals surface area contributed by atoms with Crippen LogP contribution in [0.4, 0.5) is 11.5 Å². The Morgan fingerprint density at radius 1 is 1.03 bits per heavy atom. The van der Waals surface area contributed by atoms with Crippen LogP contribution in [0.15, 0.2) is 59.8 Å². The molecule has 0 aliphatic carbocycles. The van der Waals surface area contributed by atoms with Crippen molar-refractivity contribution in [3.8, 4) is 0 Å². The summed E-state index contributed by atoms with van der Waals surface area (Å²) in [5.41, 5.74) is 2.78. The number of hydrogen-bond acceptors (Lipinski definition) is 7. The number of carbonyl (C=O) groups is 1. The molecule has 1 N–H and O–H groups in total. The monoisotopic (exact) mass is 545 g/mol. The van der Waals surface area contributed by atoms with Gasteiger partial charge in [0.15, 0.2) is 5.16 Å². The molecule has 36 heavy (non-hydrogen) atoms. The molecular formula is C26H29Cl2N5O2S. The summed E-state index contributed by atoms with van der Waals surface area (Å²) in [6.07, 6.45) is 0.787. The van der Waals surface area contributed by atoms with Gasteiger partial charge >= 0.3 is 0 Å². The average molecular weight is 547 g/mol. The van der Waals surface area contributed by atoms with Crippen LogP contribution in [0.2, 0.25) is 10.2 Å². The van der Waals surface area contributed by atoms with Crippen LogP contribution in [0.5, 0.6) is 0 Å². The SMILES string of the molecule is COCCCNC(=O)c1ccc(CSc2nc(Cl)cc(N3CCN(c4ccccc4Cl)CC3)n2)cc1. The Balaban J connectivity index is 1.31. The number of halogens is 2. The van der Waals surface area contributed by atoms with E-state index in [1.54, 1.807) is 7.11 Å². The molecule has 1 saturated heterocycles. The standard InChI is InChI=1S/C26H29Cl2N5O2S/c1-35-16-4-11-29-25(34)20-9-7-19(8-10-20)18-36-26-30-23(28)17-24(31-26)33-14-12-32(13-15-33)22-6-3-2-5-21(22)27/h2-3,5-10,17H,4,11-16,18H2,1H3,(H,29,34). The Bertz CT molecular complexity index is 1160. The fourth-order valence-corrected chi connectivity index (χ4v) is 5.21. The zero-order chi connectivity index (χ0) is 25.3. The highest BCUT2D eigenvalue weighted by molar-refractivity contribution is 7.98. The van der Waals surface area contributed by atoms with Crippen molar-refractivity contribution in [2.75, 3.05) is 56.2 Å². The van der Waals surface area contributed by atoms with Gasteiger partial charge in [-0.1, -0.05) is 59.2 Å². The summed E-state index contributed by atoms with van der Waals surface area (Å²) in [5.74, 6) is 1.43. The lowest BCUT2D eigenvalue weighted by Gasteiger charge is -2.37. The van der Waals surface area contributed by atoms with Crippen molar-refractivity contribution in [3.05, 3.63) is 75.9 Å². The molecule has 2 aromatic carbocycles. The minimum atomic E-state index is -0.0808. The summed E-state index contributed by atoms with van der Waals surface area (Å²) in [6, 6.07) is 17.3. The zero-order valence-electron chi connectivity index (χ0n) is 20.1. The van der Waals surface area contributed by atoms with Crippen molar-refractivity contribution >= 4 is 52.4 Å². The second-order valence-corrected chi connectivity index (χ2v) is 10.1. The van der Waals surface area contributed by atoms with E-state index in [4.69, 9.17) is 32.9 Å². The highest BCUT2D eigenvalue weighted by Gasteiger charge is 2.21. The van der Waals surface area contributed by atoms with Crippen LogP contribution in [0.1, 0.15) is 22.3 Å². The van der Waals surface area contributed by atoms with Gasteiger partial charge < -0.3 is 19.9 Å². The van der Waals surface area contributed by atoms with Crippen LogP contribution in [0.25, 0.3) is 0 Å². The van der Waals surface area contributed by atoms with E-state index < -0.39 is 0 Å². The minimum Gasteiger partial charge on any atom is -0.385 e. The predicted molar refractivity (Wildman–Crippen MR) is 148 cm³/mol. The molecule has 1 aromatic heterocycles. The van der Waals surface area contributed by atoms with Crippen LogP contribution in [0, 0.1) is 0 Å². The molecule has 4 rings (SSSR count). The Labute approximate surface area is 226 Å². The van der Waals surface area contributed by atoms with Crippen molar-refractivity contribution in [2.24, 2.45) is 0 Å². The molecule has 1 amide bonds. The van der Waals surface area contributed by atoms with Crippen molar-refractivity contribution < 1.29 is 9.53 Å². The number of nitrogens with zero attached hydrogens (tertiary/aromatic N) is 4. The number of rotatable bonds is 10. The smallest absolute Gasteiger partial charge is 0.251 e. The quantitative estimate of drug-likeness (QED) is 0.163. The van der Waals surface area contributed by atoms with Gasteiger partial charge in [0.25, 0.3) is 5.91 Å². The summed E-state index contributed by atoms with van der Waals surface area (Å²) in [7, 11) is 1.65. The van der Waals surface area contributed by atoms with Crippen LogP contribution in [-0.2, 0) is 10.5 Å². The maximum Gasteiger partial charge on any atom is 0.251 e. The van der Waals surface area contributed by atoms with E-state index in [0.717, 1.165) is 54.7 Å². The number of hydrogen-bond donors (Lipinski definition) is 1. The number of amides is 1. The number of para-hydroxylation sites is 1. The van der Waals surface area contributed by atoms with E-state index in [0.29, 0.717) is 34.8 Å². The lowest BCUT2D eigenvalue weighted by atomic mass is 10.1. The summed E-state index contributed by atoms with van der Waals surface area (Å²) >= 11 is 14.2. The number of piperazine rings is 1. The zero-order valence-corrected chi connectivity index (χ0v) is 22.5. The molecule has 3 aromatic rings. The molecule has 1 aliphatic rings. The van der Waals surface area contributed by atoms with Crippen molar-refractivity contribution in [2.45, 2.75) is 17.3 Å². The van der Waals surface area contributed by atoms with E-state index in [2.05, 4.69) is 26.2 Å². The van der Waals surface area contributed by atoms with Gasteiger partial charge in [-0.3, -0.25) is 4.79 Å². The highest BCUT2D eigenvalue weighted by atomic mass is 35.5. The molecule has 0 unspecified atom stereocenters. The topological polar surface area (TPSA) is 70.6 Å². The lowest BCUT2D eigenvalue weighted by molar-refractivity contribution is 0.0948. The first-order valence-corrected chi connectivity index (χ1v) is 13.6. The summed E-state index contributed by atoms with van der Waals surface area (Å²) in [6.45, 7) is 4.55. The minimum absolute atomic E-state index is 0.0808. The molecule has 0 radical (unpaired) electrons. The van der Waals surface area contributed by atoms with Crippen LogP contribution < -0.4 is 15.1 Å². The van der Waals surface area contributed by atoms with E-state index >= 15 is 0 Å². The number of methoxy groups -OCH3 is 1. The fraction of sp³-hybridized carbons (Fsp3) is 0.346. The van der Waals surface area contributed by atoms with Gasteiger partial charge in [-0.2, -0.15) is 0 Å². The first-order valence-electron chi connectivity index (χ1n) is 11.8. The average Bonchev–Trinajstić information content (AvgIpc) is 2.90. The van der Waals surface area contributed by atoms with Crippen molar-refractivity contribution in [1.29, 1.82) is 0 Å². The largest absolute Gasteiger partial charge is 0.385 e. The normalized spacial score (nSPS) is 13.6. The Kier molecular flexibility index (Phi) is 9.69. The maximum absolute atomic E-state index is 12.2. The van der Waals surface area contributed by atoms with Gasteiger partial charge in [0.1, 0.15) is 11.0 Å². The first kappa shape index (κ1) is 26.5. The molecule has 10 heteroatoms. The summed E-state index contributed by atoms with van der Waals surface area (Å²) < 4.78 is 5.00. The number of aromatic nitrogens is 2. The third-order valence-corrected chi connectivity index (χ3v) is 7.28. The molecule has 7 nitrogen and oxygen atoms in total. The number of ether oxygens (including phenoxy) is 1. The van der Waals surface area contributed by atoms with Crippen LogP contribution in [-0.4, -0.2) is 62.3 Å². The maximum atomic E-state index is 12.2. The molecule has 190 valence electrons. The van der Waals surface area contributed by atoms with Gasteiger partial charge in [-0.25, -0.2) is 9.97 Å².